The Labute approximate surface area is 114 Å². The Hall–Kier alpha value is -1.39. The van der Waals surface area contributed by atoms with Gasteiger partial charge in [0.05, 0.1) is 17.8 Å². The molecule has 102 valence electrons. The summed E-state index contributed by atoms with van der Waals surface area (Å²) in [5.74, 6) is 0. The van der Waals surface area contributed by atoms with E-state index in [2.05, 4.69) is 52.8 Å². The van der Waals surface area contributed by atoms with Crippen LogP contribution in [0.15, 0.2) is 30.5 Å². The highest BCUT2D eigenvalue weighted by molar-refractivity contribution is 5.78. The summed E-state index contributed by atoms with van der Waals surface area (Å²) in [6.45, 7) is 7.28. The molecule has 0 radical (unpaired) electrons. The first kappa shape index (κ1) is 12.6. The van der Waals surface area contributed by atoms with Gasteiger partial charge in [0.2, 0.25) is 0 Å². The molecule has 0 bridgehead atoms. The highest BCUT2D eigenvalue weighted by Gasteiger charge is 2.28. The first-order valence-electron chi connectivity index (χ1n) is 6.96. The van der Waals surface area contributed by atoms with Crippen LogP contribution >= 0.6 is 0 Å². The Balaban J connectivity index is 1.78. The van der Waals surface area contributed by atoms with Gasteiger partial charge in [0, 0.05) is 30.6 Å². The molecule has 0 spiro atoms. The minimum Gasteiger partial charge on any atom is -0.324 e. The maximum Gasteiger partial charge on any atom is 0.0686 e. The minimum atomic E-state index is -0.124. The van der Waals surface area contributed by atoms with Crippen molar-refractivity contribution < 1.29 is 0 Å². The van der Waals surface area contributed by atoms with Gasteiger partial charge in [0.25, 0.3) is 0 Å². The van der Waals surface area contributed by atoms with Gasteiger partial charge in [-0.3, -0.25) is 9.58 Å². The Morgan fingerprint density at radius 1 is 1.37 bits per heavy atom. The van der Waals surface area contributed by atoms with Gasteiger partial charge in [0.1, 0.15) is 0 Å². The number of nitrogens with two attached hydrogens (primary N) is 1. The highest BCUT2D eigenvalue weighted by Crippen LogP contribution is 2.26. The van der Waals surface area contributed by atoms with E-state index in [1.807, 2.05) is 6.20 Å². The van der Waals surface area contributed by atoms with Crippen LogP contribution in [0.1, 0.15) is 26.3 Å². The average Bonchev–Trinajstić information content (AvgIpc) is 2.92. The second-order valence-electron chi connectivity index (χ2n) is 6.31. The molecule has 1 fully saturated rings. The number of benzene rings is 1. The lowest BCUT2D eigenvalue weighted by molar-refractivity contribution is 0.261. The molecule has 19 heavy (non-hydrogen) atoms. The van der Waals surface area contributed by atoms with Crippen LogP contribution in [0.3, 0.4) is 0 Å². The van der Waals surface area contributed by atoms with Crippen LogP contribution in [-0.4, -0.2) is 39.9 Å². The molecule has 2 aromatic rings. The fourth-order valence-electron chi connectivity index (χ4n) is 3.01. The van der Waals surface area contributed by atoms with Gasteiger partial charge in [-0.15, -0.1) is 0 Å². The summed E-state index contributed by atoms with van der Waals surface area (Å²) < 4.78 is 2.18. The SMILES string of the molecule is CC(C)(N)CN1CCC(n2ncc3ccccc32)C1. The minimum absolute atomic E-state index is 0.124. The first-order valence-corrected chi connectivity index (χ1v) is 6.96. The molecular weight excluding hydrogens is 236 g/mol. The van der Waals surface area contributed by atoms with Gasteiger partial charge in [-0.1, -0.05) is 18.2 Å². The molecule has 1 aliphatic heterocycles. The van der Waals surface area contributed by atoms with Crippen molar-refractivity contribution in [1.29, 1.82) is 0 Å². The monoisotopic (exact) mass is 258 g/mol. The fourth-order valence-corrected chi connectivity index (χ4v) is 3.01. The van der Waals surface area contributed by atoms with Gasteiger partial charge >= 0.3 is 0 Å². The van der Waals surface area contributed by atoms with E-state index in [1.54, 1.807) is 0 Å². The van der Waals surface area contributed by atoms with Crippen molar-refractivity contribution in [3.63, 3.8) is 0 Å². The Kier molecular flexibility index (Phi) is 3.07. The van der Waals surface area contributed by atoms with Crippen molar-refractivity contribution in [2.24, 2.45) is 5.73 Å². The predicted octanol–water partition coefficient (Wildman–Crippen LogP) is 2.02. The largest absolute Gasteiger partial charge is 0.324 e. The lowest BCUT2D eigenvalue weighted by atomic mass is 10.1. The summed E-state index contributed by atoms with van der Waals surface area (Å²) >= 11 is 0. The molecule has 1 unspecified atom stereocenters. The van der Waals surface area contributed by atoms with Crippen LogP contribution in [0, 0.1) is 0 Å². The molecule has 0 saturated carbocycles. The number of para-hydroxylation sites is 1. The molecule has 2 heterocycles. The van der Waals surface area contributed by atoms with E-state index in [-0.39, 0.29) is 5.54 Å². The molecule has 4 heteroatoms. The van der Waals surface area contributed by atoms with Crippen molar-refractivity contribution in [2.75, 3.05) is 19.6 Å². The normalized spacial score (nSPS) is 21.3. The summed E-state index contributed by atoms with van der Waals surface area (Å²) in [6.07, 6.45) is 3.12. The van der Waals surface area contributed by atoms with Crippen LogP contribution < -0.4 is 5.73 Å². The molecule has 1 aliphatic rings. The van der Waals surface area contributed by atoms with E-state index < -0.39 is 0 Å². The van der Waals surface area contributed by atoms with Gasteiger partial charge < -0.3 is 5.73 Å². The molecule has 0 aliphatic carbocycles. The lowest BCUT2D eigenvalue weighted by Crippen LogP contribution is -2.44. The molecule has 1 aromatic carbocycles. The number of rotatable bonds is 3. The van der Waals surface area contributed by atoms with Crippen molar-refractivity contribution in [1.82, 2.24) is 14.7 Å². The number of hydrogen-bond acceptors (Lipinski definition) is 3. The van der Waals surface area contributed by atoms with E-state index in [9.17, 15) is 0 Å². The lowest BCUT2D eigenvalue weighted by Gasteiger charge is -2.26. The van der Waals surface area contributed by atoms with Gasteiger partial charge in [-0.2, -0.15) is 5.10 Å². The van der Waals surface area contributed by atoms with Crippen LogP contribution in [-0.2, 0) is 0 Å². The van der Waals surface area contributed by atoms with Gasteiger partial charge in [0.15, 0.2) is 0 Å². The molecule has 3 rings (SSSR count). The topological polar surface area (TPSA) is 47.1 Å². The first-order chi connectivity index (χ1) is 9.03. The van der Waals surface area contributed by atoms with Crippen LogP contribution in [0.25, 0.3) is 10.9 Å². The van der Waals surface area contributed by atoms with Crippen molar-refractivity contribution in [3.05, 3.63) is 30.5 Å². The fraction of sp³-hybridized carbons (Fsp3) is 0.533. The van der Waals surface area contributed by atoms with Crippen LogP contribution in [0.5, 0.6) is 0 Å². The third-order valence-corrected chi connectivity index (χ3v) is 3.73. The second kappa shape index (κ2) is 4.62. The Bertz CT molecular complexity index is 567. The molecule has 0 amide bonds. The molecule has 4 nitrogen and oxygen atoms in total. The van der Waals surface area contributed by atoms with Crippen LogP contribution in [0.4, 0.5) is 0 Å². The molecule has 1 saturated heterocycles. The smallest absolute Gasteiger partial charge is 0.0686 e. The zero-order valence-electron chi connectivity index (χ0n) is 11.7. The summed E-state index contributed by atoms with van der Waals surface area (Å²) in [4.78, 5) is 2.45. The Morgan fingerprint density at radius 2 is 2.16 bits per heavy atom. The predicted molar refractivity (Wildman–Crippen MR) is 78.1 cm³/mol. The zero-order valence-corrected chi connectivity index (χ0v) is 11.7. The number of aromatic nitrogens is 2. The van der Waals surface area contributed by atoms with E-state index in [0.717, 1.165) is 26.1 Å². The number of nitrogens with zero attached hydrogens (tertiary/aromatic N) is 3. The standard InChI is InChI=1S/C15H22N4/c1-15(2,16)11-18-8-7-13(10-18)19-14-6-4-3-5-12(14)9-17-19/h3-6,9,13H,7-8,10-11,16H2,1-2H3. The van der Waals surface area contributed by atoms with Crippen molar-refractivity contribution in [2.45, 2.75) is 31.8 Å². The summed E-state index contributed by atoms with van der Waals surface area (Å²) in [5.41, 5.74) is 7.22. The van der Waals surface area contributed by atoms with Gasteiger partial charge in [-0.05, 0) is 26.3 Å². The van der Waals surface area contributed by atoms with Crippen molar-refractivity contribution >= 4 is 10.9 Å². The van der Waals surface area contributed by atoms with E-state index >= 15 is 0 Å². The maximum absolute atomic E-state index is 6.11. The molecule has 1 atom stereocenters. The maximum atomic E-state index is 6.11. The number of fused-ring (bicyclic) bond motifs is 1. The number of hydrogen-bond donors (Lipinski definition) is 1. The molecule has 1 aromatic heterocycles. The zero-order chi connectivity index (χ0) is 13.5. The summed E-state index contributed by atoms with van der Waals surface area (Å²) in [5, 5.41) is 5.79. The van der Waals surface area contributed by atoms with Crippen LogP contribution in [0.2, 0.25) is 0 Å². The third-order valence-electron chi connectivity index (χ3n) is 3.73. The quantitative estimate of drug-likeness (QED) is 0.916. The highest BCUT2D eigenvalue weighted by atomic mass is 15.3. The van der Waals surface area contributed by atoms with E-state index in [1.165, 1.54) is 10.9 Å². The third kappa shape index (κ3) is 2.65. The van der Waals surface area contributed by atoms with Crippen molar-refractivity contribution in [3.8, 4) is 0 Å². The molecule has 2 N–H and O–H groups in total. The molecular formula is C15H22N4. The average molecular weight is 258 g/mol. The van der Waals surface area contributed by atoms with E-state index in [4.69, 9.17) is 5.73 Å². The Morgan fingerprint density at radius 3 is 2.95 bits per heavy atom. The number of likely N-dealkylation sites (tertiary alicyclic amines) is 1. The second-order valence-corrected chi connectivity index (χ2v) is 6.31. The van der Waals surface area contributed by atoms with E-state index in [0.29, 0.717) is 6.04 Å². The summed E-state index contributed by atoms with van der Waals surface area (Å²) in [6, 6.07) is 8.89. The summed E-state index contributed by atoms with van der Waals surface area (Å²) in [7, 11) is 0. The van der Waals surface area contributed by atoms with Gasteiger partial charge in [-0.25, -0.2) is 0 Å².